The van der Waals surface area contributed by atoms with E-state index in [1.54, 1.807) is 13.8 Å². The van der Waals surface area contributed by atoms with Crippen LogP contribution in [0.15, 0.2) is 0 Å². The first-order chi connectivity index (χ1) is 5.61. The van der Waals surface area contributed by atoms with Gasteiger partial charge in [-0.3, -0.25) is 9.36 Å². The zero-order chi connectivity index (χ0) is 10.9. The predicted octanol–water partition coefficient (Wildman–Crippen LogP) is 0.672. The lowest BCUT2D eigenvalue weighted by atomic mass is 10.1. The molecule has 0 fully saturated rings. The van der Waals surface area contributed by atoms with Crippen molar-refractivity contribution in [2.75, 3.05) is 0 Å². The Morgan fingerprint density at radius 1 is 1.46 bits per heavy atom. The van der Waals surface area contributed by atoms with E-state index in [0.29, 0.717) is 0 Å². The molecule has 13 heavy (non-hydrogen) atoms. The van der Waals surface area contributed by atoms with Gasteiger partial charge in [-0.05, 0) is 12.8 Å². The van der Waals surface area contributed by atoms with Gasteiger partial charge in [-0.15, -0.1) is 0 Å². The quantitative estimate of drug-likeness (QED) is 0.596. The summed E-state index contributed by atoms with van der Waals surface area (Å²) >= 11 is 0. The summed E-state index contributed by atoms with van der Waals surface area (Å²) < 4.78 is 11.1. The van der Waals surface area contributed by atoms with Crippen LogP contribution in [0.1, 0.15) is 27.7 Å². The third kappa shape index (κ3) is 2.79. The zero-order valence-electron chi connectivity index (χ0n) is 8.24. The Balaban J connectivity index is 4.97. The highest BCUT2D eigenvalue weighted by atomic mass is 31.2. The van der Waals surface area contributed by atoms with Crippen molar-refractivity contribution in [1.82, 2.24) is 5.32 Å². The Kier molecular flexibility index (Phi) is 3.67. The van der Waals surface area contributed by atoms with Gasteiger partial charge in [0.05, 0.1) is 0 Å². The highest BCUT2D eigenvalue weighted by molar-refractivity contribution is 7.53. The van der Waals surface area contributed by atoms with Crippen molar-refractivity contribution in [2.24, 2.45) is 5.92 Å². The highest BCUT2D eigenvalue weighted by Gasteiger charge is 2.45. The molecule has 0 saturated carbocycles. The smallest absolute Gasteiger partial charge is 0.340 e. The lowest BCUT2D eigenvalue weighted by Gasteiger charge is -2.34. The summed E-state index contributed by atoms with van der Waals surface area (Å²) in [6.07, 6.45) is 0. The van der Waals surface area contributed by atoms with Crippen LogP contribution in [0, 0.1) is 5.92 Å². The maximum Gasteiger partial charge on any atom is 0.350 e. The van der Waals surface area contributed by atoms with Gasteiger partial charge in [0.15, 0.2) is 0 Å². The van der Waals surface area contributed by atoms with Crippen LogP contribution in [0.25, 0.3) is 0 Å². The van der Waals surface area contributed by atoms with Crippen molar-refractivity contribution in [1.29, 1.82) is 0 Å². The monoisotopic (exact) mass is 209 g/mol. The number of carbonyl (C=O) groups excluding carboxylic acids is 1. The van der Waals surface area contributed by atoms with Gasteiger partial charge in [0.2, 0.25) is 5.91 Å². The second-order valence-corrected chi connectivity index (χ2v) is 5.54. The number of amides is 1. The zero-order valence-corrected chi connectivity index (χ0v) is 9.13. The molecule has 0 aromatic carbocycles. The van der Waals surface area contributed by atoms with Crippen molar-refractivity contribution >= 4 is 13.5 Å². The lowest BCUT2D eigenvalue weighted by molar-refractivity contribution is -0.120. The molecule has 0 radical (unpaired) electrons. The molecule has 0 aliphatic rings. The number of hydrogen-bond donors (Lipinski definition) is 3. The van der Waals surface area contributed by atoms with E-state index in [-0.39, 0.29) is 5.92 Å². The topological polar surface area (TPSA) is 86.6 Å². The molecule has 6 heteroatoms. The molecule has 1 unspecified atom stereocenters. The number of rotatable bonds is 3. The van der Waals surface area contributed by atoms with Crippen LogP contribution in [-0.4, -0.2) is 21.0 Å². The number of nitrogens with one attached hydrogen (secondary N) is 1. The molecule has 0 aromatic heterocycles. The van der Waals surface area contributed by atoms with Gasteiger partial charge in [0, 0.05) is 6.92 Å². The summed E-state index contributed by atoms with van der Waals surface area (Å²) in [4.78, 5) is 28.9. The molecule has 0 aliphatic carbocycles. The molecule has 78 valence electrons. The standard InChI is InChI=1S/C7H16NO4P/c1-5(2)7(4,8-6(3)9)13(10,11)12/h5H,1-4H3,(H,8,9)(H2,10,11,12). The van der Waals surface area contributed by atoms with E-state index >= 15 is 0 Å². The third-order valence-corrected chi connectivity index (χ3v) is 4.00. The molecule has 3 N–H and O–H groups in total. The Morgan fingerprint density at radius 3 is 1.92 bits per heavy atom. The summed E-state index contributed by atoms with van der Waals surface area (Å²) in [6, 6.07) is 0. The van der Waals surface area contributed by atoms with E-state index in [1.165, 1.54) is 13.8 Å². The van der Waals surface area contributed by atoms with E-state index in [2.05, 4.69) is 5.32 Å². The molecule has 0 aromatic rings. The fourth-order valence-electron chi connectivity index (χ4n) is 0.910. The second kappa shape index (κ2) is 3.78. The average Bonchev–Trinajstić information content (AvgIpc) is 1.82. The van der Waals surface area contributed by atoms with Crippen molar-refractivity contribution in [2.45, 2.75) is 33.0 Å². The minimum Gasteiger partial charge on any atom is -0.340 e. The summed E-state index contributed by atoms with van der Waals surface area (Å²) in [5, 5.41) is 0.820. The maximum absolute atomic E-state index is 11.1. The molecule has 0 aliphatic heterocycles. The average molecular weight is 209 g/mol. The van der Waals surface area contributed by atoms with Crippen molar-refractivity contribution in [3.63, 3.8) is 0 Å². The van der Waals surface area contributed by atoms with Crippen LogP contribution in [0.3, 0.4) is 0 Å². The summed E-state index contributed by atoms with van der Waals surface area (Å²) in [5.74, 6) is -0.781. The Bertz CT molecular complexity index is 247. The first-order valence-corrected chi connectivity index (χ1v) is 5.57. The summed E-state index contributed by atoms with van der Waals surface area (Å²) in [5.41, 5.74) is 0. The molecule has 0 spiro atoms. The second-order valence-electron chi connectivity index (χ2n) is 3.53. The minimum absolute atomic E-state index is 0.336. The van der Waals surface area contributed by atoms with Crippen molar-refractivity contribution in [3.05, 3.63) is 0 Å². The lowest BCUT2D eigenvalue weighted by Crippen LogP contribution is -2.48. The normalized spacial score (nSPS) is 16.8. The Morgan fingerprint density at radius 2 is 1.85 bits per heavy atom. The summed E-state index contributed by atoms with van der Waals surface area (Å²) in [6.45, 7) is 5.88. The van der Waals surface area contributed by atoms with Gasteiger partial charge in [-0.25, -0.2) is 0 Å². The first kappa shape index (κ1) is 12.6. The van der Waals surface area contributed by atoms with Crippen LogP contribution < -0.4 is 5.32 Å². The van der Waals surface area contributed by atoms with Crippen LogP contribution in [0.5, 0.6) is 0 Å². The predicted molar refractivity (Wildman–Crippen MR) is 49.1 cm³/mol. The van der Waals surface area contributed by atoms with E-state index in [0.717, 1.165) is 0 Å². The van der Waals surface area contributed by atoms with E-state index in [9.17, 15) is 9.36 Å². The van der Waals surface area contributed by atoms with E-state index < -0.39 is 18.8 Å². The summed E-state index contributed by atoms with van der Waals surface area (Å²) in [7, 11) is -4.33. The van der Waals surface area contributed by atoms with Crippen LogP contribution in [0.4, 0.5) is 0 Å². The number of hydrogen-bond acceptors (Lipinski definition) is 2. The van der Waals surface area contributed by atoms with E-state index in [4.69, 9.17) is 9.79 Å². The molecular weight excluding hydrogens is 193 g/mol. The third-order valence-electron chi connectivity index (χ3n) is 2.16. The van der Waals surface area contributed by atoms with Gasteiger partial charge in [0.1, 0.15) is 5.28 Å². The van der Waals surface area contributed by atoms with Gasteiger partial charge in [-0.2, -0.15) is 0 Å². The molecule has 1 amide bonds. The van der Waals surface area contributed by atoms with Crippen LogP contribution >= 0.6 is 7.60 Å². The molecule has 0 bridgehead atoms. The largest absolute Gasteiger partial charge is 0.350 e. The SMILES string of the molecule is CC(=O)NC(C)(C(C)C)P(=O)(O)O. The number of carbonyl (C=O) groups is 1. The molecule has 5 nitrogen and oxygen atoms in total. The van der Waals surface area contributed by atoms with Gasteiger partial charge in [-0.1, -0.05) is 13.8 Å². The molecule has 1 atom stereocenters. The first-order valence-electron chi connectivity index (χ1n) is 3.95. The molecule has 0 rings (SSSR count). The minimum atomic E-state index is -4.33. The Hall–Kier alpha value is -0.380. The van der Waals surface area contributed by atoms with Gasteiger partial charge >= 0.3 is 7.60 Å². The molecule has 0 heterocycles. The fraction of sp³-hybridized carbons (Fsp3) is 0.857. The van der Waals surface area contributed by atoms with Crippen LogP contribution in [0.2, 0.25) is 0 Å². The maximum atomic E-state index is 11.1. The fourth-order valence-corrected chi connectivity index (χ4v) is 1.89. The van der Waals surface area contributed by atoms with Gasteiger partial charge in [0.25, 0.3) is 0 Å². The van der Waals surface area contributed by atoms with E-state index in [1.807, 2.05) is 0 Å². The van der Waals surface area contributed by atoms with Crippen LogP contribution in [-0.2, 0) is 9.36 Å². The van der Waals surface area contributed by atoms with Crippen molar-refractivity contribution < 1.29 is 19.1 Å². The molecule has 0 saturated heterocycles. The highest BCUT2D eigenvalue weighted by Crippen LogP contribution is 2.52. The Labute approximate surface area is 77.7 Å². The van der Waals surface area contributed by atoms with Crippen molar-refractivity contribution in [3.8, 4) is 0 Å². The molecular formula is C7H16NO4P. The van der Waals surface area contributed by atoms with Gasteiger partial charge < -0.3 is 15.1 Å².